The van der Waals surface area contributed by atoms with Gasteiger partial charge in [-0.25, -0.2) is 4.98 Å². The second kappa shape index (κ2) is 4.76. The third-order valence-corrected chi connectivity index (χ3v) is 3.80. The van der Waals surface area contributed by atoms with Gasteiger partial charge in [0.2, 0.25) is 0 Å². The largest absolute Gasteiger partial charge is 0.487 e. The molecule has 0 amide bonds. The first-order valence-corrected chi connectivity index (χ1v) is 6.81. The summed E-state index contributed by atoms with van der Waals surface area (Å²) in [6.45, 7) is 8.61. The molecule has 1 aromatic heterocycles. The number of nitrogens with one attached hydrogen (secondary N) is 1. The van der Waals surface area contributed by atoms with E-state index in [1.165, 1.54) is 0 Å². The summed E-state index contributed by atoms with van der Waals surface area (Å²) in [6, 6.07) is 3.97. The molecule has 3 heterocycles. The van der Waals surface area contributed by atoms with E-state index in [4.69, 9.17) is 4.74 Å². The van der Waals surface area contributed by atoms with E-state index in [0.717, 1.165) is 49.6 Å². The molecule has 1 N–H and O–H groups in total. The molecule has 2 fully saturated rings. The number of ether oxygens (including phenoxy) is 1. The average Bonchev–Trinajstić information content (AvgIpc) is 2.89. The van der Waals surface area contributed by atoms with E-state index in [2.05, 4.69) is 29.0 Å². The number of rotatable bonds is 3. The standard InChI is InChI=1S/C14H21N3O/c1-10(2)18-13-4-3-5-16-14(13)17-8-11-6-15-7-12(11)9-17/h3-5,10-12,15H,6-9H2,1-2H3/t11-,12+. The van der Waals surface area contributed by atoms with Gasteiger partial charge in [-0.1, -0.05) is 0 Å². The van der Waals surface area contributed by atoms with Crippen molar-refractivity contribution < 1.29 is 4.74 Å². The highest BCUT2D eigenvalue weighted by Gasteiger charge is 2.37. The molecule has 0 bridgehead atoms. The predicted molar refractivity (Wildman–Crippen MR) is 72.1 cm³/mol. The van der Waals surface area contributed by atoms with Gasteiger partial charge in [-0.3, -0.25) is 0 Å². The number of aromatic nitrogens is 1. The van der Waals surface area contributed by atoms with E-state index in [0.29, 0.717) is 0 Å². The van der Waals surface area contributed by atoms with Crippen molar-refractivity contribution in [1.29, 1.82) is 0 Å². The van der Waals surface area contributed by atoms with Gasteiger partial charge >= 0.3 is 0 Å². The van der Waals surface area contributed by atoms with Gasteiger partial charge in [0.1, 0.15) is 0 Å². The van der Waals surface area contributed by atoms with Crippen molar-refractivity contribution in [2.75, 3.05) is 31.1 Å². The number of pyridine rings is 1. The van der Waals surface area contributed by atoms with E-state index in [1.54, 1.807) is 0 Å². The SMILES string of the molecule is CC(C)Oc1cccnc1N1C[C@H]2CNC[C@H]2C1. The van der Waals surface area contributed by atoms with Gasteiger partial charge in [-0.15, -0.1) is 0 Å². The molecular weight excluding hydrogens is 226 g/mol. The fraction of sp³-hybridized carbons (Fsp3) is 0.643. The van der Waals surface area contributed by atoms with Crippen molar-refractivity contribution in [3.8, 4) is 5.75 Å². The van der Waals surface area contributed by atoms with E-state index >= 15 is 0 Å². The quantitative estimate of drug-likeness (QED) is 0.879. The lowest BCUT2D eigenvalue weighted by Crippen LogP contribution is -2.27. The molecule has 0 aromatic carbocycles. The molecule has 2 saturated heterocycles. The topological polar surface area (TPSA) is 37.4 Å². The minimum atomic E-state index is 0.191. The van der Waals surface area contributed by atoms with Crippen molar-refractivity contribution in [3.63, 3.8) is 0 Å². The van der Waals surface area contributed by atoms with Gasteiger partial charge in [-0.05, 0) is 37.8 Å². The maximum Gasteiger partial charge on any atom is 0.171 e. The monoisotopic (exact) mass is 247 g/mol. The Morgan fingerprint density at radius 1 is 1.33 bits per heavy atom. The van der Waals surface area contributed by atoms with Crippen molar-refractivity contribution in [3.05, 3.63) is 18.3 Å². The third kappa shape index (κ3) is 2.17. The summed E-state index contributed by atoms with van der Waals surface area (Å²) in [4.78, 5) is 6.90. The molecule has 98 valence electrons. The van der Waals surface area contributed by atoms with Crippen molar-refractivity contribution in [2.24, 2.45) is 11.8 Å². The second-order valence-corrected chi connectivity index (χ2v) is 5.58. The zero-order valence-corrected chi connectivity index (χ0v) is 11.1. The smallest absolute Gasteiger partial charge is 0.171 e. The Labute approximate surface area is 108 Å². The summed E-state index contributed by atoms with van der Waals surface area (Å²) in [5.41, 5.74) is 0. The van der Waals surface area contributed by atoms with Crippen LogP contribution in [0.5, 0.6) is 5.75 Å². The molecule has 2 atom stereocenters. The Hall–Kier alpha value is -1.29. The highest BCUT2D eigenvalue weighted by molar-refractivity contribution is 5.53. The van der Waals surface area contributed by atoms with Gasteiger partial charge in [0.25, 0.3) is 0 Å². The molecule has 18 heavy (non-hydrogen) atoms. The molecule has 0 unspecified atom stereocenters. The maximum absolute atomic E-state index is 5.86. The molecule has 0 radical (unpaired) electrons. The summed E-state index contributed by atoms with van der Waals surface area (Å²) >= 11 is 0. The fourth-order valence-corrected chi connectivity index (χ4v) is 2.99. The summed E-state index contributed by atoms with van der Waals surface area (Å²) in [7, 11) is 0. The third-order valence-electron chi connectivity index (χ3n) is 3.80. The van der Waals surface area contributed by atoms with Crippen LogP contribution in [0, 0.1) is 11.8 Å². The van der Waals surface area contributed by atoms with Gasteiger partial charge in [0.05, 0.1) is 6.10 Å². The lowest BCUT2D eigenvalue weighted by atomic mass is 10.0. The number of nitrogens with zero attached hydrogens (tertiary/aromatic N) is 2. The van der Waals surface area contributed by atoms with Crippen LogP contribution in [0.25, 0.3) is 0 Å². The Bertz CT molecular complexity index is 409. The number of fused-ring (bicyclic) bond motifs is 1. The molecule has 0 aliphatic carbocycles. The molecule has 4 heteroatoms. The average molecular weight is 247 g/mol. The molecule has 4 nitrogen and oxygen atoms in total. The highest BCUT2D eigenvalue weighted by atomic mass is 16.5. The molecule has 2 aliphatic heterocycles. The maximum atomic E-state index is 5.86. The lowest BCUT2D eigenvalue weighted by molar-refractivity contribution is 0.242. The summed E-state index contributed by atoms with van der Waals surface area (Å²) in [6.07, 6.45) is 2.05. The van der Waals surface area contributed by atoms with E-state index in [-0.39, 0.29) is 6.10 Å². The molecule has 0 saturated carbocycles. The van der Waals surface area contributed by atoms with Crippen LogP contribution in [-0.2, 0) is 0 Å². The van der Waals surface area contributed by atoms with Crippen molar-refractivity contribution >= 4 is 5.82 Å². The zero-order valence-electron chi connectivity index (χ0n) is 11.1. The number of hydrogen-bond donors (Lipinski definition) is 1. The summed E-state index contributed by atoms with van der Waals surface area (Å²) in [5, 5.41) is 3.46. The van der Waals surface area contributed by atoms with Crippen molar-refractivity contribution in [1.82, 2.24) is 10.3 Å². The zero-order chi connectivity index (χ0) is 12.5. The van der Waals surface area contributed by atoms with Gasteiger partial charge in [0, 0.05) is 32.4 Å². The first-order chi connectivity index (χ1) is 8.74. The van der Waals surface area contributed by atoms with Crippen LogP contribution in [0.4, 0.5) is 5.82 Å². The minimum absolute atomic E-state index is 0.191. The first-order valence-electron chi connectivity index (χ1n) is 6.81. The molecule has 1 aromatic rings. The summed E-state index contributed by atoms with van der Waals surface area (Å²) in [5.74, 6) is 3.49. The molecular formula is C14H21N3O. The van der Waals surface area contributed by atoms with Gasteiger partial charge in [0.15, 0.2) is 11.6 Å². The van der Waals surface area contributed by atoms with Crippen LogP contribution >= 0.6 is 0 Å². The van der Waals surface area contributed by atoms with Crippen LogP contribution in [0.15, 0.2) is 18.3 Å². The Balaban J connectivity index is 1.80. The Morgan fingerprint density at radius 3 is 2.72 bits per heavy atom. The molecule has 2 aliphatic rings. The first kappa shape index (κ1) is 11.8. The minimum Gasteiger partial charge on any atom is -0.487 e. The Morgan fingerprint density at radius 2 is 2.06 bits per heavy atom. The van der Waals surface area contributed by atoms with Crippen molar-refractivity contribution in [2.45, 2.75) is 20.0 Å². The lowest BCUT2D eigenvalue weighted by Gasteiger charge is -2.22. The normalized spacial score (nSPS) is 26.7. The van der Waals surface area contributed by atoms with E-state index in [9.17, 15) is 0 Å². The Kier molecular flexibility index (Phi) is 3.12. The van der Waals surface area contributed by atoms with Crippen LogP contribution in [-0.4, -0.2) is 37.3 Å². The van der Waals surface area contributed by atoms with E-state index in [1.807, 2.05) is 18.3 Å². The van der Waals surface area contributed by atoms with Crippen LogP contribution in [0.3, 0.4) is 0 Å². The van der Waals surface area contributed by atoms with E-state index < -0.39 is 0 Å². The van der Waals surface area contributed by atoms with Gasteiger partial charge in [-0.2, -0.15) is 0 Å². The summed E-state index contributed by atoms with van der Waals surface area (Å²) < 4.78 is 5.86. The van der Waals surface area contributed by atoms with Crippen LogP contribution < -0.4 is 15.0 Å². The molecule has 3 rings (SSSR count). The second-order valence-electron chi connectivity index (χ2n) is 5.58. The van der Waals surface area contributed by atoms with Crippen LogP contribution in [0.2, 0.25) is 0 Å². The number of hydrogen-bond acceptors (Lipinski definition) is 4. The fourth-order valence-electron chi connectivity index (χ4n) is 2.99. The number of anilines is 1. The highest BCUT2D eigenvalue weighted by Crippen LogP contribution is 2.34. The van der Waals surface area contributed by atoms with Crippen LogP contribution in [0.1, 0.15) is 13.8 Å². The predicted octanol–water partition coefficient (Wildman–Crippen LogP) is 1.52. The van der Waals surface area contributed by atoms with Gasteiger partial charge < -0.3 is 15.0 Å². The molecule has 0 spiro atoms.